The van der Waals surface area contributed by atoms with Crippen LogP contribution < -0.4 is 5.73 Å². The number of aryl methyl sites for hydroxylation is 1. The fraction of sp³-hybridized carbons (Fsp3) is 0.167. The molecule has 8 heteroatoms. The van der Waals surface area contributed by atoms with Gasteiger partial charge in [-0.05, 0) is 40.2 Å². The van der Waals surface area contributed by atoms with Crippen LogP contribution in [0, 0.1) is 11.3 Å². The summed E-state index contributed by atoms with van der Waals surface area (Å²) >= 11 is 3.21. The zero-order valence-corrected chi connectivity index (χ0v) is 12.7. The van der Waals surface area contributed by atoms with Crippen LogP contribution in [0.5, 0.6) is 0 Å². The topological polar surface area (TPSA) is 102 Å². The fourth-order valence-electron chi connectivity index (χ4n) is 1.59. The Morgan fingerprint density at radius 3 is 2.50 bits per heavy atom. The van der Waals surface area contributed by atoms with E-state index in [4.69, 9.17) is 11.0 Å². The third kappa shape index (κ3) is 3.18. The maximum atomic E-state index is 12.1. The second-order valence-corrected chi connectivity index (χ2v) is 7.04. The molecule has 0 saturated carbocycles. The summed E-state index contributed by atoms with van der Waals surface area (Å²) in [6, 6.07) is 7.77. The summed E-state index contributed by atoms with van der Waals surface area (Å²) in [4.78, 5) is 0.190. The molecule has 20 heavy (non-hydrogen) atoms. The molecule has 0 atom stereocenters. The van der Waals surface area contributed by atoms with E-state index in [-0.39, 0.29) is 17.2 Å². The Morgan fingerprint density at radius 1 is 1.35 bits per heavy atom. The molecule has 2 N–H and O–H groups in total. The lowest BCUT2D eigenvalue weighted by Crippen LogP contribution is -2.13. The van der Waals surface area contributed by atoms with E-state index >= 15 is 0 Å². The van der Waals surface area contributed by atoms with Crippen molar-refractivity contribution < 1.29 is 8.42 Å². The van der Waals surface area contributed by atoms with E-state index in [2.05, 4.69) is 21.0 Å². The van der Waals surface area contributed by atoms with E-state index < -0.39 is 9.84 Å². The molecule has 0 fully saturated rings. The molecule has 0 bridgehead atoms. The van der Waals surface area contributed by atoms with Crippen molar-refractivity contribution in [2.24, 2.45) is 0 Å². The van der Waals surface area contributed by atoms with Gasteiger partial charge in [0.1, 0.15) is 0 Å². The van der Waals surface area contributed by atoms with Crippen molar-refractivity contribution in [1.82, 2.24) is 9.78 Å². The first-order chi connectivity index (χ1) is 9.42. The number of rotatable bonds is 4. The lowest BCUT2D eigenvalue weighted by molar-refractivity contribution is 0.581. The zero-order chi connectivity index (χ0) is 14.8. The van der Waals surface area contributed by atoms with Gasteiger partial charge >= 0.3 is 0 Å². The number of benzene rings is 1. The highest BCUT2D eigenvalue weighted by molar-refractivity contribution is 9.10. The highest BCUT2D eigenvalue weighted by Gasteiger charge is 2.15. The first kappa shape index (κ1) is 14.6. The molecule has 1 aromatic carbocycles. The molecule has 2 aromatic rings. The summed E-state index contributed by atoms with van der Waals surface area (Å²) in [5.41, 5.74) is 5.99. The van der Waals surface area contributed by atoms with Crippen LogP contribution in [0.15, 0.2) is 39.8 Å². The highest BCUT2D eigenvalue weighted by Crippen LogP contribution is 2.17. The van der Waals surface area contributed by atoms with Crippen molar-refractivity contribution in [1.29, 1.82) is 5.26 Å². The molecule has 0 aliphatic rings. The minimum Gasteiger partial charge on any atom is -0.381 e. The Bertz CT molecular complexity index is 740. The van der Waals surface area contributed by atoms with Gasteiger partial charge in [0.25, 0.3) is 0 Å². The van der Waals surface area contributed by atoms with Gasteiger partial charge in [0.05, 0.1) is 33.3 Å². The zero-order valence-electron chi connectivity index (χ0n) is 10.3. The number of sulfone groups is 1. The molecule has 0 radical (unpaired) electrons. The molecule has 0 amide bonds. The van der Waals surface area contributed by atoms with Crippen LogP contribution in [0.4, 0.5) is 5.82 Å². The van der Waals surface area contributed by atoms with Gasteiger partial charge < -0.3 is 5.73 Å². The summed E-state index contributed by atoms with van der Waals surface area (Å²) in [6.07, 6.45) is 1.63. The van der Waals surface area contributed by atoms with E-state index in [0.29, 0.717) is 15.9 Å². The smallest absolute Gasteiger partial charge is 0.180 e. The second-order valence-electron chi connectivity index (χ2n) is 4.08. The molecular formula is C12H11BrN4O2S. The van der Waals surface area contributed by atoms with E-state index in [1.54, 1.807) is 6.20 Å². The average molecular weight is 355 g/mol. The van der Waals surface area contributed by atoms with Crippen LogP contribution in [0.25, 0.3) is 0 Å². The molecule has 6 nitrogen and oxygen atoms in total. The Kier molecular flexibility index (Phi) is 4.11. The van der Waals surface area contributed by atoms with Crippen molar-refractivity contribution in [2.45, 2.75) is 11.4 Å². The van der Waals surface area contributed by atoms with Gasteiger partial charge in [0.2, 0.25) is 0 Å². The van der Waals surface area contributed by atoms with Crippen LogP contribution in [-0.4, -0.2) is 24.0 Å². The van der Waals surface area contributed by atoms with Crippen molar-refractivity contribution in [3.63, 3.8) is 0 Å². The van der Waals surface area contributed by atoms with E-state index in [1.165, 1.54) is 28.9 Å². The van der Waals surface area contributed by atoms with Gasteiger partial charge in [0.15, 0.2) is 15.7 Å². The van der Waals surface area contributed by atoms with Gasteiger partial charge in [-0.25, -0.2) is 8.42 Å². The molecule has 0 aliphatic heterocycles. The van der Waals surface area contributed by atoms with Crippen LogP contribution in [0.2, 0.25) is 0 Å². The van der Waals surface area contributed by atoms with E-state index in [1.807, 2.05) is 6.07 Å². The largest absolute Gasteiger partial charge is 0.381 e. The summed E-state index contributed by atoms with van der Waals surface area (Å²) in [5.74, 6) is 0.229. The first-order valence-corrected chi connectivity index (χ1v) is 8.08. The fourth-order valence-corrected chi connectivity index (χ4v) is 3.12. The highest BCUT2D eigenvalue weighted by atomic mass is 79.9. The lowest BCUT2D eigenvalue weighted by Gasteiger charge is -2.04. The Balaban J connectivity index is 2.12. The molecule has 104 valence electrons. The molecule has 0 saturated heterocycles. The quantitative estimate of drug-likeness (QED) is 0.897. The van der Waals surface area contributed by atoms with Gasteiger partial charge in [-0.2, -0.15) is 10.4 Å². The molecular weight excluding hydrogens is 344 g/mol. The van der Waals surface area contributed by atoms with E-state index in [9.17, 15) is 8.42 Å². The van der Waals surface area contributed by atoms with Crippen LogP contribution in [-0.2, 0) is 16.4 Å². The lowest BCUT2D eigenvalue weighted by atomic mass is 10.2. The minimum absolute atomic E-state index is 0.0908. The van der Waals surface area contributed by atoms with Crippen molar-refractivity contribution in [3.05, 3.63) is 40.5 Å². The molecule has 2 rings (SSSR count). The van der Waals surface area contributed by atoms with Gasteiger partial charge in [0, 0.05) is 6.20 Å². The summed E-state index contributed by atoms with van der Waals surface area (Å²) < 4.78 is 26.4. The standard InChI is InChI=1S/C12H11BrN4O2S/c13-11-8-17(16-12(11)15)5-6-20(18,19)10-3-1-9(7-14)2-4-10/h1-4,8H,5-6H2,(H2,15,16). The van der Waals surface area contributed by atoms with Gasteiger partial charge in [-0.1, -0.05) is 0 Å². The average Bonchev–Trinajstić information content (AvgIpc) is 2.76. The van der Waals surface area contributed by atoms with Gasteiger partial charge in [-0.3, -0.25) is 4.68 Å². The molecule has 0 unspecified atom stereocenters. The van der Waals surface area contributed by atoms with Crippen LogP contribution in [0.1, 0.15) is 5.56 Å². The number of anilines is 1. The first-order valence-electron chi connectivity index (χ1n) is 5.64. The summed E-state index contributed by atoms with van der Waals surface area (Å²) in [5, 5.41) is 12.7. The van der Waals surface area contributed by atoms with Crippen LogP contribution >= 0.6 is 15.9 Å². The maximum Gasteiger partial charge on any atom is 0.180 e. The van der Waals surface area contributed by atoms with Crippen molar-refractivity contribution >= 4 is 31.6 Å². The van der Waals surface area contributed by atoms with Crippen molar-refractivity contribution in [2.75, 3.05) is 11.5 Å². The third-order valence-corrected chi connectivity index (χ3v) is 5.00. The third-order valence-electron chi connectivity index (χ3n) is 2.67. The monoisotopic (exact) mass is 354 g/mol. The molecule has 0 aliphatic carbocycles. The number of hydrogen-bond donors (Lipinski definition) is 1. The predicted octanol–water partition coefficient (Wildman–Crippen LogP) is 1.57. The second kappa shape index (κ2) is 5.64. The molecule has 0 spiro atoms. The Hall–Kier alpha value is -1.85. The SMILES string of the molecule is N#Cc1ccc(S(=O)(=O)CCn2cc(Br)c(N)n2)cc1. The van der Waals surface area contributed by atoms with E-state index in [0.717, 1.165) is 0 Å². The summed E-state index contributed by atoms with van der Waals surface area (Å²) in [7, 11) is -3.41. The van der Waals surface area contributed by atoms with Gasteiger partial charge in [-0.15, -0.1) is 0 Å². The number of nitrogens with two attached hydrogens (primary N) is 1. The van der Waals surface area contributed by atoms with Crippen LogP contribution in [0.3, 0.4) is 0 Å². The Labute approximate surface area is 124 Å². The van der Waals surface area contributed by atoms with Crippen molar-refractivity contribution in [3.8, 4) is 6.07 Å². The maximum absolute atomic E-state index is 12.1. The minimum atomic E-state index is -3.41. The number of nitrogens with zero attached hydrogens (tertiary/aromatic N) is 3. The number of nitriles is 1. The molecule has 1 heterocycles. The number of halogens is 1. The normalized spacial score (nSPS) is 11.2. The number of aromatic nitrogens is 2. The predicted molar refractivity (Wildman–Crippen MR) is 77.5 cm³/mol. The molecule has 1 aromatic heterocycles. The number of hydrogen-bond acceptors (Lipinski definition) is 5. The summed E-state index contributed by atoms with van der Waals surface area (Å²) in [6.45, 7) is 0.206. The Morgan fingerprint density at radius 2 is 2.00 bits per heavy atom. The number of nitrogen functional groups attached to an aromatic ring is 1.